The fraction of sp³-hybridized carbons (Fsp3) is 0.412. The first-order valence-corrected chi connectivity index (χ1v) is 7.85. The minimum atomic E-state index is -0.490. The molecule has 4 nitrogen and oxygen atoms in total. The SMILES string of the molecule is CCc1cc(OCc2cc(F)ccc2F)nc(N2CCCC2)n1. The van der Waals surface area contributed by atoms with Crippen LogP contribution < -0.4 is 9.64 Å². The average Bonchev–Trinajstić information content (AvgIpc) is 3.10. The Balaban J connectivity index is 1.78. The van der Waals surface area contributed by atoms with Crippen LogP contribution in [-0.4, -0.2) is 23.1 Å². The second-order valence-electron chi connectivity index (χ2n) is 5.57. The third kappa shape index (κ3) is 3.75. The number of benzene rings is 1. The van der Waals surface area contributed by atoms with Crippen LogP contribution in [0, 0.1) is 11.6 Å². The highest BCUT2D eigenvalue weighted by Gasteiger charge is 2.17. The fourth-order valence-corrected chi connectivity index (χ4v) is 2.58. The van der Waals surface area contributed by atoms with E-state index >= 15 is 0 Å². The predicted octanol–water partition coefficient (Wildman–Crippen LogP) is 3.50. The summed E-state index contributed by atoms with van der Waals surface area (Å²) in [5.74, 6) is 0.0644. The number of rotatable bonds is 5. The van der Waals surface area contributed by atoms with Crippen molar-refractivity contribution in [1.82, 2.24) is 9.97 Å². The van der Waals surface area contributed by atoms with E-state index in [1.165, 1.54) is 0 Å². The van der Waals surface area contributed by atoms with E-state index in [9.17, 15) is 8.78 Å². The van der Waals surface area contributed by atoms with Gasteiger partial charge in [-0.3, -0.25) is 0 Å². The summed E-state index contributed by atoms with van der Waals surface area (Å²) in [5, 5.41) is 0. The maximum Gasteiger partial charge on any atom is 0.228 e. The lowest BCUT2D eigenvalue weighted by Gasteiger charge is -2.17. The maximum atomic E-state index is 13.7. The van der Waals surface area contributed by atoms with E-state index in [4.69, 9.17) is 4.74 Å². The second kappa shape index (κ2) is 6.89. The van der Waals surface area contributed by atoms with Gasteiger partial charge < -0.3 is 9.64 Å². The molecule has 2 heterocycles. The van der Waals surface area contributed by atoms with Gasteiger partial charge in [0.2, 0.25) is 11.8 Å². The van der Waals surface area contributed by atoms with Crippen LogP contribution in [0.2, 0.25) is 0 Å². The van der Waals surface area contributed by atoms with Crippen molar-refractivity contribution in [2.45, 2.75) is 32.8 Å². The molecule has 0 radical (unpaired) electrons. The van der Waals surface area contributed by atoms with Crippen molar-refractivity contribution < 1.29 is 13.5 Å². The van der Waals surface area contributed by atoms with Gasteiger partial charge in [-0.25, -0.2) is 13.8 Å². The van der Waals surface area contributed by atoms with Crippen molar-refractivity contribution in [3.63, 3.8) is 0 Å². The molecule has 0 aliphatic carbocycles. The van der Waals surface area contributed by atoms with Crippen LogP contribution >= 0.6 is 0 Å². The summed E-state index contributed by atoms with van der Waals surface area (Å²) in [5.41, 5.74) is 1.04. The molecule has 0 atom stereocenters. The van der Waals surface area contributed by atoms with Gasteiger partial charge in [0, 0.05) is 30.4 Å². The van der Waals surface area contributed by atoms with Crippen LogP contribution in [0.3, 0.4) is 0 Å². The number of aryl methyl sites for hydroxylation is 1. The summed E-state index contributed by atoms with van der Waals surface area (Å²) in [6.07, 6.45) is 3.02. The summed E-state index contributed by atoms with van der Waals surface area (Å²) >= 11 is 0. The van der Waals surface area contributed by atoms with Gasteiger partial charge in [-0.15, -0.1) is 0 Å². The van der Waals surface area contributed by atoms with Crippen LogP contribution in [0.25, 0.3) is 0 Å². The Labute approximate surface area is 134 Å². The number of hydrogen-bond donors (Lipinski definition) is 0. The Morgan fingerprint density at radius 3 is 2.65 bits per heavy atom. The molecule has 0 spiro atoms. The predicted molar refractivity (Wildman–Crippen MR) is 83.5 cm³/mol. The number of ether oxygens (including phenoxy) is 1. The molecule has 3 rings (SSSR count). The minimum Gasteiger partial charge on any atom is -0.473 e. The van der Waals surface area contributed by atoms with Crippen molar-refractivity contribution in [3.05, 3.63) is 47.2 Å². The van der Waals surface area contributed by atoms with Crippen molar-refractivity contribution >= 4 is 5.95 Å². The van der Waals surface area contributed by atoms with Gasteiger partial charge >= 0.3 is 0 Å². The zero-order valence-electron chi connectivity index (χ0n) is 13.1. The molecule has 1 aliphatic rings. The van der Waals surface area contributed by atoms with E-state index in [1.54, 1.807) is 6.07 Å². The van der Waals surface area contributed by atoms with Crippen molar-refractivity contribution in [1.29, 1.82) is 0 Å². The van der Waals surface area contributed by atoms with E-state index in [0.717, 1.165) is 56.2 Å². The molecule has 1 aliphatic heterocycles. The molecule has 1 aromatic carbocycles. The zero-order chi connectivity index (χ0) is 16.2. The monoisotopic (exact) mass is 319 g/mol. The first kappa shape index (κ1) is 15.6. The lowest BCUT2D eigenvalue weighted by Crippen LogP contribution is -2.21. The molecule has 0 amide bonds. The van der Waals surface area contributed by atoms with Gasteiger partial charge in [-0.2, -0.15) is 4.98 Å². The average molecular weight is 319 g/mol. The van der Waals surface area contributed by atoms with Crippen LogP contribution in [0.1, 0.15) is 31.0 Å². The number of halogens is 2. The number of aromatic nitrogens is 2. The molecule has 0 N–H and O–H groups in total. The van der Waals surface area contributed by atoms with Crippen molar-refractivity contribution in [2.75, 3.05) is 18.0 Å². The molecule has 0 bridgehead atoms. The smallest absolute Gasteiger partial charge is 0.228 e. The third-order valence-electron chi connectivity index (χ3n) is 3.88. The lowest BCUT2D eigenvalue weighted by molar-refractivity contribution is 0.286. The van der Waals surface area contributed by atoms with Gasteiger partial charge in [0.05, 0.1) is 0 Å². The highest BCUT2D eigenvalue weighted by molar-refractivity contribution is 5.35. The van der Waals surface area contributed by atoms with Crippen molar-refractivity contribution in [2.24, 2.45) is 0 Å². The van der Waals surface area contributed by atoms with E-state index in [2.05, 4.69) is 14.9 Å². The number of nitrogens with zero attached hydrogens (tertiary/aromatic N) is 3. The van der Waals surface area contributed by atoms with Crippen LogP contribution in [-0.2, 0) is 13.0 Å². The highest BCUT2D eigenvalue weighted by atomic mass is 19.1. The number of anilines is 1. The molecule has 1 fully saturated rings. The largest absolute Gasteiger partial charge is 0.473 e. The Morgan fingerprint density at radius 2 is 1.91 bits per heavy atom. The third-order valence-corrected chi connectivity index (χ3v) is 3.88. The van der Waals surface area contributed by atoms with E-state index in [-0.39, 0.29) is 12.2 Å². The van der Waals surface area contributed by atoms with Gasteiger partial charge in [-0.05, 0) is 37.5 Å². The number of hydrogen-bond acceptors (Lipinski definition) is 4. The van der Waals surface area contributed by atoms with Gasteiger partial charge in [0.25, 0.3) is 0 Å². The maximum absolute atomic E-state index is 13.7. The van der Waals surface area contributed by atoms with Crippen LogP contribution in [0.15, 0.2) is 24.3 Å². The molecular weight excluding hydrogens is 300 g/mol. The molecule has 1 aromatic heterocycles. The summed E-state index contributed by atoms with van der Waals surface area (Å²) in [6.45, 7) is 3.81. The standard InChI is InChI=1S/C17H19F2N3O/c1-2-14-10-16(21-17(20-14)22-7-3-4-8-22)23-11-12-9-13(18)5-6-15(12)19/h5-6,9-10H,2-4,7-8,11H2,1H3. The Bertz CT molecular complexity index is 688. The molecule has 122 valence electrons. The summed E-state index contributed by atoms with van der Waals surface area (Å²) in [7, 11) is 0. The molecular formula is C17H19F2N3O. The molecule has 1 saturated heterocycles. The molecule has 0 saturated carbocycles. The fourth-order valence-electron chi connectivity index (χ4n) is 2.58. The first-order chi connectivity index (χ1) is 11.2. The van der Waals surface area contributed by atoms with E-state index < -0.39 is 11.6 Å². The summed E-state index contributed by atoms with van der Waals surface area (Å²) in [4.78, 5) is 11.0. The Morgan fingerprint density at radius 1 is 1.13 bits per heavy atom. The molecule has 23 heavy (non-hydrogen) atoms. The second-order valence-corrected chi connectivity index (χ2v) is 5.57. The minimum absolute atomic E-state index is 0.0663. The van der Waals surface area contributed by atoms with Gasteiger partial charge in [0.1, 0.15) is 18.2 Å². The van der Waals surface area contributed by atoms with E-state index in [0.29, 0.717) is 11.8 Å². The first-order valence-electron chi connectivity index (χ1n) is 7.85. The van der Waals surface area contributed by atoms with Crippen LogP contribution in [0.4, 0.5) is 14.7 Å². The summed E-state index contributed by atoms with van der Waals surface area (Å²) in [6, 6.07) is 5.07. The zero-order valence-corrected chi connectivity index (χ0v) is 13.1. The molecule has 6 heteroatoms. The highest BCUT2D eigenvalue weighted by Crippen LogP contribution is 2.21. The summed E-state index contributed by atoms with van der Waals surface area (Å²) < 4.78 is 32.4. The quantitative estimate of drug-likeness (QED) is 0.845. The van der Waals surface area contributed by atoms with Gasteiger partial charge in [-0.1, -0.05) is 6.92 Å². The normalized spacial score (nSPS) is 14.3. The van der Waals surface area contributed by atoms with Gasteiger partial charge in [0.15, 0.2) is 0 Å². The molecule has 0 unspecified atom stereocenters. The Kier molecular flexibility index (Phi) is 4.69. The van der Waals surface area contributed by atoms with Crippen LogP contribution in [0.5, 0.6) is 5.88 Å². The van der Waals surface area contributed by atoms with Crippen molar-refractivity contribution in [3.8, 4) is 5.88 Å². The van der Waals surface area contributed by atoms with E-state index in [1.807, 2.05) is 6.92 Å². The topological polar surface area (TPSA) is 38.2 Å². The molecule has 2 aromatic rings. The Hall–Kier alpha value is -2.24. The lowest BCUT2D eigenvalue weighted by atomic mass is 10.2.